The van der Waals surface area contributed by atoms with Crippen molar-refractivity contribution in [2.45, 2.75) is 49.7 Å². The molecular formula is C24H25N3O3S. The van der Waals surface area contributed by atoms with E-state index in [0.29, 0.717) is 22.7 Å². The lowest BCUT2D eigenvalue weighted by molar-refractivity contribution is -0.113. The summed E-state index contributed by atoms with van der Waals surface area (Å²) in [5.41, 5.74) is 2.58. The minimum absolute atomic E-state index is 0.00718. The Morgan fingerprint density at radius 3 is 2.87 bits per heavy atom. The van der Waals surface area contributed by atoms with E-state index in [2.05, 4.69) is 5.32 Å². The average Bonchev–Trinajstić information content (AvgIpc) is 3.32. The van der Waals surface area contributed by atoms with Gasteiger partial charge in [-0.05, 0) is 49.4 Å². The molecule has 3 aromatic rings. The largest absolute Gasteiger partial charge is 0.493 e. The molecule has 2 aromatic carbocycles. The van der Waals surface area contributed by atoms with Gasteiger partial charge in [0.2, 0.25) is 5.91 Å². The summed E-state index contributed by atoms with van der Waals surface area (Å²) < 4.78 is 7.52. The molecule has 6 nitrogen and oxygen atoms in total. The summed E-state index contributed by atoms with van der Waals surface area (Å²) in [7, 11) is 0. The highest BCUT2D eigenvalue weighted by molar-refractivity contribution is 7.99. The number of thioether (sulfide) groups is 1. The molecule has 160 valence electrons. The number of carbonyl (C=O) groups excluding carboxylic acids is 1. The van der Waals surface area contributed by atoms with Crippen molar-refractivity contribution in [2.75, 3.05) is 17.7 Å². The van der Waals surface area contributed by atoms with Crippen LogP contribution in [-0.4, -0.2) is 27.8 Å². The van der Waals surface area contributed by atoms with Gasteiger partial charge in [0.15, 0.2) is 5.16 Å². The first-order valence-electron chi connectivity index (χ1n) is 10.9. The topological polar surface area (TPSA) is 73.2 Å². The molecule has 5 rings (SSSR count). The van der Waals surface area contributed by atoms with Crippen LogP contribution in [-0.2, 0) is 11.2 Å². The van der Waals surface area contributed by atoms with Gasteiger partial charge in [0.1, 0.15) is 5.75 Å². The molecule has 1 amide bonds. The number of amides is 1. The Labute approximate surface area is 185 Å². The van der Waals surface area contributed by atoms with Crippen LogP contribution < -0.4 is 15.6 Å². The number of para-hydroxylation sites is 1. The summed E-state index contributed by atoms with van der Waals surface area (Å²) >= 11 is 1.33. The molecule has 2 heterocycles. The number of aryl methyl sites for hydroxylation is 1. The lowest BCUT2D eigenvalue weighted by Crippen LogP contribution is -2.27. The molecule has 1 aliphatic heterocycles. The number of carbonyl (C=O) groups is 1. The van der Waals surface area contributed by atoms with Crippen molar-refractivity contribution < 1.29 is 9.53 Å². The molecule has 2 aliphatic rings. The van der Waals surface area contributed by atoms with E-state index < -0.39 is 0 Å². The molecule has 0 atom stereocenters. The van der Waals surface area contributed by atoms with Gasteiger partial charge in [0, 0.05) is 17.8 Å². The van der Waals surface area contributed by atoms with E-state index in [1.807, 2.05) is 47.0 Å². The Hall–Kier alpha value is -2.80. The number of nitrogens with one attached hydrogen (secondary N) is 1. The van der Waals surface area contributed by atoms with Gasteiger partial charge in [-0.15, -0.1) is 0 Å². The Morgan fingerprint density at radius 2 is 2.00 bits per heavy atom. The van der Waals surface area contributed by atoms with Crippen LogP contribution in [0.25, 0.3) is 10.9 Å². The SMILES string of the molecule is O=C(CSc1nc2ccccc2c(=O)n1C1CCCC1)Nc1ccc2c(c1)OCCC2. The van der Waals surface area contributed by atoms with Crippen LogP contribution in [0, 0.1) is 0 Å². The number of hydrogen-bond acceptors (Lipinski definition) is 5. The van der Waals surface area contributed by atoms with E-state index in [1.54, 1.807) is 0 Å². The summed E-state index contributed by atoms with van der Waals surface area (Å²) in [4.78, 5) is 30.6. The zero-order valence-electron chi connectivity index (χ0n) is 17.3. The van der Waals surface area contributed by atoms with Gasteiger partial charge < -0.3 is 10.1 Å². The highest BCUT2D eigenvalue weighted by Crippen LogP contribution is 2.32. The maximum atomic E-state index is 13.2. The van der Waals surface area contributed by atoms with Gasteiger partial charge >= 0.3 is 0 Å². The van der Waals surface area contributed by atoms with E-state index in [4.69, 9.17) is 9.72 Å². The number of anilines is 1. The van der Waals surface area contributed by atoms with Crippen LogP contribution in [0.2, 0.25) is 0 Å². The third-order valence-electron chi connectivity index (χ3n) is 6.00. The zero-order chi connectivity index (χ0) is 21.2. The summed E-state index contributed by atoms with van der Waals surface area (Å²) in [6, 6.07) is 13.4. The van der Waals surface area contributed by atoms with Crippen molar-refractivity contribution in [2.24, 2.45) is 0 Å². The second kappa shape index (κ2) is 8.75. The minimum Gasteiger partial charge on any atom is -0.493 e. The molecule has 31 heavy (non-hydrogen) atoms. The molecule has 0 radical (unpaired) electrons. The Bertz CT molecular complexity index is 1180. The molecule has 7 heteroatoms. The fourth-order valence-corrected chi connectivity index (χ4v) is 5.32. The quantitative estimate of drug-likeness (QED) is 0.470. The monoisotopic (exact) mass is 435 g/mol. The number of nitrogens with zero attached hydrogens (tertiary/aromatic N) is 2. The fourth-order valence-electron chi connectivity index (χ4n) is 4.46. The predicted octanol–water partition coefficient (Wildman–Crippen LogP) is 4.57. The highest BCUT2D eigenvalue weighted by atomic mass is 32.2. The Morgan fingerprint density at radius 1 is 1.16 bits per heavy atom. The molecule has 1 aliphatic carbocycles. The van der Waals surface area contributed by atoms with Crippen LogP contribution in [0.4, 0.5) is 5.69 Å². The number of aromatic nitrogens is 2. The smallest absolute Gasteiger partial charge is 0.262 e. The molecule has 1 fully saturated rings. The van der Waals surface area contributed by atoms with Crippen LogP contribution in [0.3, 0.4) is 0 Å². The summed E-state index contributed by atoms with van der Waals surface area (Å²) in [6.45, 7) is 0.715. The second-order valence-electron chi connectivity index (χ2n) is 8.14. The lowest BCUT2D eigenvalue weighted by atomic mass is 10.1. The van der Waals surface area contributed by atoms with Gasteiger partial charge in [0.05, 0.1) is 23.3 Å². The number of rotatable bonds is 5. The average molecular weight is 436 g/mol. The van der Waals surface area contributed by atoms with Gasteiger partial charge in [-0.1, -0.05) is 42.8 Å². The standard InChI is InChI=1S/C24H25N3O3S/c28-22(25-17-12-11-16-6-5-13-30-21(16)14-17)15-31-24-26-20-10-4-3-9-19(20)23(29)27(24)18-7-1-2-8-18/h3-4,9-12,14,18H,1-2,5-8,13,15H2,(H,25,28). The van der Waals surface area contributed by atoms with E-state index in [0.717, 1.165) is 50.0 Å². The van der Waals surface area contributed by atoms with E-state index in [9.17, 15) is 9.59 Å². The Kier molecular flexibility index (Phi) is 5.68. The molecule has 1 saturated carbocycles. The number of ether oxygens (including phenoxy) is 1. The van der Waals surface area contributed by atoms with E-state index in [-0.39, 0.29) is 23.3 Å². The molecule has 0 saturated heterocycles. The maximum absolute atomic E-state index is 13.2. The molecule has 0 bridgehead atoms. The zero-order valence-corrected chi connectivity index (χ0v) is 18.1. The van der Waals surface area contributed by atoms with E-state index >= 15 is 0 Å². The van der Waals surface area contributed by atoms with Crippen molar-refractivity contribution in [3.05, 3.63) is 58.4 Å². The lowest BCUT2D eigenvalue weighted by Gasteiger charge is -2.19. The van der Waals surface area contributed by atoms with Gasteiger partial charge in [0.25, 0.3) is 5.56 Å². The van der Waals surface area contributed by atoms with Crippen molar-refractivity contribution in [1.82, 2.24) is 9.55 Å². The third kappa shape index (κ3) is 4.19. The van der Waals surface area contributed by atoms with Gasteiger partial charge in [-0.3, -0.25) is 14.2 Å². The maximum Gasteiger partial charge on any atom is 0.262 e. The van der Waals surface area contributed by atoms with Crippen LogP contribution in [0.1, 0.15) is 43.7 Å². The van der Waals surface area contributed by atoms with Crippen LogP contribution in [0.5, 0.6) is 5.75 Å². The second-order valence-corrected chi connectivity index (χ2v) is 9.08. The summed E-state index contributed by atoms with van der Waals surface area (Å²) in [5.74, 6) is 0.916. The van der Waals surface area contributed by atoms with E-state index in [1.165, 1.54) is 17.3 Å². The molecule has 1 aromatic heterocycles. The molecule has 1 N–H and O–H groups in total. The molecule has 0 unspecified atom stereocenters. The first-order chi connectivity index (χ1) is 15.2. The predicted molar refractivity (Wildman–Crippen MR) is 123 cm³/mol. The normalized spacial score (nSPS) is 16.1. The number of benzene rings is 2. The summed E-state index contributed by atoms with van der Waals surface area (Å²) in [5, 5.41) is 4.21. The van der Waals surface area contributed by atoms with Crippen LogP contribution >= 0.6 is 11.8 Å². The van der Waals surface area contributed by atoms with Gasteiger partial charge in [-0.25, -0.2) is 4.98 Å². The first-order valence-corrected chi connectivity index (χ1v) is 11.9. The minimum atomic E-state index is -0.124. The third-order valence-corrected chi connectivity index (χ3v) is 6.95. The van der Waals surface area contributed by atoms with Crippen molar-refractivity contribution in [1.29, 1.82) is 0 Å². The number of fused-ring (bicyclic) bond motifs is 2. The fraction of sp³-hybridized carbons (Fsp3) is 0.375. The molecular weight excluding hydrogens is 410 g/mol. The Balaban J connectivity index is 1.36. The number of hydrogen-bond donors (Lipinski definition) is 1. The highest BCUT2D eigenvalue weighted by Gasteiger charge is 2.23. The van der Waals surface area contributed by atoms with Crippen molar-refractivity contribution >= 4 is 34.3 Å². The molecule has 0 spiro atoms. The van der Waals surface area contributed by atoms with Gasteiger partial charge in [-0.2, -0.15) is 0 Å². The first kappa shape index (κ1) is 20.1. The summed E-state index contributed by atoms with van der Waals surface area (Å²) in [6.07, 6.45) is 6.23. The van der Waals surface area contributed by atoms with Crippen molar-refractivity contribution in [3.63, 3.8) is 0 Å². The van der Waals surface area contributed by atoms with Crippen molar-refractivity contribution in [3.8, 4) is 5.75 Å². The van der Waals surface area contributed by atoms with Crippen LogP contribution in [0.15, 0.2) is 52.4 Å².